The number of nitrogens with one attached hydrogen (secondary N) is 1. The number of aliphatic hydroxyl groups is 1. The number of hydrogen-bond acceptors (Lipinski definition) is 5. The maximum absolute atomic E-state index is 13.2. The zero-order chi connectivity index (χ0) is 19.7. The first-order valence-electron chi connectivity index (χ1n) is 10.3. The van der Waals surface area contributed by atoms with Crippen molar-refractivity contribution in [3.63, 3.8) is 0 Å². The third kappa shape index (κ3) is 2.22. The predicted molar refractivity (Wildman–Crippen MR) is 104 cm³/mol. The highest BCUT2D eigenvalue weighted by Gasteiger charge is 2.63. The van der Waals surface area contributed by atoms with E-state index in [1.165, 1.54) is 7.11 Å². The Morgan fingerprint density at radius 2 is 2.11 bits per heavy atom. The lowest BCUT2D eigenvalue weighted by molar-refractivity contribution is -0.167. The third-order valence-electron chi connectivity index (χ3n) is 8.13. The van der Waals surface area contributed by atoms with Gasteiger partial charge in [-0.2, -0.15) is 0 Å². The quantitative estimate of drug-likeness (QED) is 0.724. The molecule has 3 aliphatic heterocycles. The fraction of sp³-hybridized carbons (Fsp3) is 0.636. The van der Waals surface area contributed by atoms with E-state index in [0.717, 1.165) is 43.6 Å². The van der Waals surface area contributed by atoms with Crippen LogP contribution >= 0.6 is 0 Å². The molecule has 6 heteroatoms. The Morgan fingerprint density at radius 3 is 2.89 bits per heavy atom. The molecule has 0 bridgehead atoms. The van der Waals surface area contributed by atoms with E-state index in [1.54, 1.807) is 0 Å². The predicted octanol–water partition coefficient (Wildman–Crippen LogP) is 1.92. The van der Waals surface area contributed by atoms with Crippen molar-refractivity contribution >= 4 is 17.6 Å². The highest BCUT2D eigenvalue weighted by molar-refractivity contribution is 6.07. The molecule has 28 heavy (non-hydrogen) atoms. The van der Waals surface area contributed by atoms with Crippen LogP contribution in [0.1, 0.15) is 38.2 Å². The molecule has 1 amide bonds. The number of anilines is 1. The van der Waals surface area contributed by atoms with E-state index in [0.29, 0.717) is 6.42 Å². The summed E-state index contributed by atoms with van der Waals surface area (Å²) in [5.74, 6) is -0.736. The van der Waals surface area contributed by atoms with Crippen LogP contribution in [0.4, 0.5) is 5.69 Å². The Hall–Kier alpha value is -1.92. The van der Waals surface area contributed by atoms with E-state index in [1.807, 2.05) is 18.2 Å². The molecule has 1 aromatic rings. The van der Waals surface area contributed by atoms with Crippen LogP contribution in [0.15, 0.2) is 24.3 Å². The molecule has 1 aromatic carbocycles. The Balaban J connectivity index is 1.56. The molecule has 0 aromatic heterocycles. The summed E-state index contributed by atoms with van der Waals surface area (Å²) in [6.07, 6.45) is 2.38. The summed E-state index contributed by atoms with van der Waals surface area (Å²) >= 11 is 0. The summed E-state index contributed by atoms with van der Waals surface area (Å²) in [7, 11) is 1.40. The number of esters is 1. The van der Waals surface area contributed by atoms with E-state index in [4.69, 9.17) is 4.74 Å². The molecule has 2 saturated heterocycles. The van der Waals surface area contributed by atoms with Crippen molar-refractivity contribution in [1.82, 2.24) is 4.90 Å². The lowest BCUT2D eigenvalue weighted by atomic mass is 9.55. The number of methoxy groups -OCH3 is 1. The summed E-state index contributed by atoms with van der Waals surface area (Å²) in [5.41, 5.74) is 1.40. The molecule has 1 spiro atoms. The Labute approximate surface area is 165 Å². The van der Waals surface area contributed by atoms with Crippen molar-refractivity contribution in [3.05, 3.63) is 29.8 Å². The van der Waals surface area contributed by atoms with Crippen molar-refractivity contribution in [2.24, 2.45) is 17.3 Å². The first-order valence-corrected chi connectivity index (χ1v) is 10.3. The summed E-state index contributed by atoms with van der Waals surface area (Å²) < 4.78 is 5.07. The van der Waals surface area contributed by atoms with Gasteiger partial charge in [0.1, 0.15) is 0 Å². The summed E-state index contributed by atoms with van der Waals surface area (Å²) in [5, 5.41) is 13.7. The van der Waals surface area contributed by atoms with Gasteiger partial charge in [-0.05, 0) is 55.2 Å². The van der Waals surface area contributed by atoms with Gasteiger partial charge in [0.25, 0.3) is 0 Å². The van der Waals surface area contributed by atoms with Gasteiger partial charge in [-0.3, -0.25) is 14.5 Å². The number of benzene rings is 1. The van der Waals surface area contributed by atoms with Crippen LogP contribution in [-0.2, 0) is 19.7 Å². The van der Waals surface area contributed by atoms with Crippen molar-refractivity contribution in [1.29, 1.82) is 0 Å². The van der Waals surface area contributed by atoms with Gasteiger partial charge in [0.05, 0.1) is 24.5 Å². The Morgan fingerprint density at radius 1 is 1.32 bits per heavy atom. The SMILES string of the molecule is COC(=O)[C@@H]1[C@H]2C[C@@H]3N(CC[C@@]34C(=O)Nc3ccccc34)C[C@]2(C)CC[C@@H]1O. The molecule has 3 heterocycles. The maximum atomic E-state index is 13.2. The zero-order valence-electron chi connectivity index (χ0n) is 16.5. The number of nitrogens with zero attached hydrogens (tertiary/aromatic N) is 1. The van der Waals surface area contributed by atoms with Gasteiger partial charge in [-0.1, -0.05) is 25.1 Å². The number of para-hydroxylation sites is 1. The van der Waals surface area contributed by atoms with Gasteiger partial charge in [-0.25, -0.2) is 0 Å². The van der Waals surface area contributed by atoms with Crippen molar-refractivity contribution in [2.45, 2.75) is 50.2 Å². The Kier molecular flexibility index (Phi) is 3.91. The fourth-order valence-corrected chi connectivity index (χ4v) is 6.74. The molecule has 0 unspecified atom stereocenters. The minimum atomic E-state index is -0.667. The van der Waals surface area contributed by atoms with Crippen molar-refractivity contribution in [2.75, 3.05) is 25.5 Å². The molecular formula is C22H28N2O4. The molecule has 6 atom stereocenters. The number of hydrogen-bond donors (Lipinski definition) is 2. The highest BCUT2D eigenvalue weighted by atomic mass is 16.5. The van der Waals surface area contributed by atoms with Gasteiger partial charge in [-0.15, -0.1) is 0 Å². The topological polar surface area (TPSA) is 78.9 Å². The number of aliphatic hydroxyl groups excluding tert-OH is 1. The van der Waals surface area contributed by atoms with Crippen molar-refractivity contribution < 1.29 is 19.4 Å². The molecule has 1 saturated carbocycles. The molecule has 150 valence electrons. The molecule has 3 fully saturated rings. The molecule has 5 rings (SSSR count). The molecule has 6 nitrogen and oxygen atoms in total. The van der Waals surface area contributed by atoms with Crippen LogP contribution in [0.25, 0.3) is 0 Å². The highest BCUT2D eigenvalue weighted by Crippen LogP contribution is 2.58. The third-order valence-corrected chi connectivity index (χ3v) is 8.13. The minimum absolute atomic E-state index is 0.0143. The zero-order valence-corrected chi connectivity index (χ0v) is 16.5. The van der Waals surface area contributed by atoms with E-state index in [9.17, 15) is 14.7 Å². The molecule has 4 aliphatic rings. The second-order valence-electron chi connectivity index (χ2n) is 9.36. The van der Waals surface area contributed by atoms with E-state index >= 15 is 0 Å². The average molecular weight is 384 g/mol. The summed E-state index contributed by atoms with van der Waals surface area (Å²) in [6, 6.07) is 8.04. The van der Waals surface area contributed by atoms with Crippen LogP contribution in [-0.4, -0.2) is 54.2 Å². The standard InChI is InChI=1S/C22H28N2O4/c1-21-8-7-16(25)18(19(26)28-2)14(21)11-17-22(9-10-24(17)12-21)13-5-3-4-6-15(13)23-20(22)27/h3-6,14,16-18,25H,7-12H2,1-2H3,(H,23,27)/t14-,16+,17+,18-,21+,22+/m1/s1. The Bertz CT molecular complexity index is 842. The number of piperidine rings is 1. The normalized spacial score (nSPS) is 41.9. The van der Waals surface area contributed by atoms with Crippen molar-refractivity contribution in [3.8, 4) is 0 Å². The van der Waals surface area contributed by atoms with Crippen LogP contribution in [0, 0.1) is 17.3 Å². The number of rotatable bonds is 1. The maximum Gasteiger partial charge on any atom is 0.311 e. The van der Waals surface area contributed by atoms with Gasteiger partial charge in [0.2, 0.25) is 5.91 Å². The number of fused-ring (bicyclic) bond motifs is 5. The summed E-state index contributed by atoms with van der Waals surface area (Å²) in [6.45, 7) is 3.99. The number of ether oxygens (including phenoxy) is 1. The van der Waals surface area contributed by atoms with Crippen LogP contribution in [0.3, 0.4) is 0 Å². The largest absolute Gasteiger partial charge is 0.469 e. The molecule has 0 radical (unpaired) electrons. The van der Waals surface area contributed by atoms with Crippen LogP contribution in [0.2, 0.25) is 0 Å². The molecule has 2 N–H and O–H groups in total. The van der Waals surface area contributed by atoms with Gasteiger partial charge >= 0.3 is 5.97 Å². The molecule has 1 aliphatic carbocycles. The fourth-order valence-electron chi connectivity index (χ4n) is 6.74. The van der Waals surface area contributed by atoms with Crippen LogP contribution < -0.4 is 5.32 Å². The lowest BCUT2D eigenvalue weighted by Gasteiger charge is -2.55. The van der Waals surface area contributed by atoms with Gasteiger partial charge < -0.3 is 15.2 Å². The lowest BCUT2D eigenvalue weighted by Crippen LogP contribution is -2.61. The van der Waals surface area contributed by atoms with E-state index in [-0.39, 0.29) is 29.3 Å². The monoisotopic (exact) mass is 384 g/mol. The first-order chi connectivity index (χ1) is 13.4. The smallest absolute Gasteiger partial charge is 0.311 e. The van der Waals surface area contributed by atoms with E-state index in [2.05, 4.69) is 23.2 Å². The first kappa shape index (κ1) is 18.1. The number of carbonyl (C=O) groups excluding carboxylic acids is 2. The van der Waals surface area contributed by atoms with E-state index < -0.39 is 17.4 Å². The second-order valence-corrected chi connectivity index (χ2v) is 9.36. The molecular weight excluding hydrogens is 356 g/mol. The summed E-state index contributed by atoms with van der Waals surface area (Å²) in [4.78, 5) is 28.2. The average Bonchev–Trinajstić information content (AvgIpc) is 3.19. The second kappa shape index (κ2) is 6.04. The number of carbonyl (C=O) groups is 2. The van der Waals surface area contributed by atoms with Gasteiger partial charge in [0, 0.05) is 18.3 Å². The van der Waals surface area contributed by atoms with Gasteiger partial charge in [0.15, 0.2) is 0 Å². The minimum Gasteiger partial charge on any atom is -0.469 e. The number of amides is 1. The van der Waals surface area contributed by atoms with Crippen LogP contribution in [0.5, 0.6) is 0 Å².